The van der Waals surface area contributed by atoms with Gasteiger partial charge in [-0.25, -0.2) is 4.68 Å². The minimum Gasteiger partial charge on any atom is -0.489 e. The van der Waals surface area contributed by atoms with Crippen molar-refractivity contribution in [3.8, 4) is 11.5 Å². The fraction of sp³-hybridized carbons (Fsp3) is 0.0833. The van der Waals surface area contributed by atoms with Crippen LogP contribution in [0.3, 0.4) is 0 Å². The Kier molecular flexibility index (Phi) is 7.04. The number of hydrogen-bond acceptors (Lipinski definition) is 6. The lowest BCUT2D eigenvalue weighted by Crippen LogP contribution is -2.12. The van der Waals surface area contributed by atoms with Crippen molar-refractivity contribution in [1.29, 1.82) is 0 Å². The van der Waals surface area contributed by atoms with Gasteiger partial charge in [0.1, 0.15) is 18.1 Å². The van der Waals surface area contributed by atoms with Crippen LogP contribution in [-0.4, -0.2) is 20.6 Å². The summed E-state index contributed by atoms with van der Waals surface area (Å²) in [5, 5.41) is 18.3. The summed E-state index contributed by atoms with van der Waals surface area (Å²) in [5.74, 6) is 0.807. The number of nitro benzene ring substituents is 1. The first kappa shape index (κ1) is 22.8. The van der Waals surface area contributed by atoms with Crippen LogP contribution in [0.4, 0.5) is 11.4 Å². The van der Waals surface area contributed by atoms with Gasteiger partial charge in [-0.05, 0) is 48.0 Å². The van der Waals surface area contributed by atoms with E-state index in [2.05, 4.69) is 10.4 Å². The molecule has 0 spiro atoms. The zero-order valence-corrected chi connectivity index (χ0v) is 18.5. The molecule has 0 bridgehead atoms. The van der Waals surface area contributed by atoms with E-state index >= 15 is 0 Å². The number of aromatic nitrogens is 2. The second-order valence-corrected chi connectivity index (χ2v) is 7.63. The largest absolute Gasteiger partial charge is 0.489 e. The first-order valence-corrected chi connectivity index (χ1v) is 10.5. The molecule has 0 radical (unpaired) electrons. The van der Waals surface area contributed by atoms with E-state index in [-0.39, 0.29) is 24.9 Å². The molecule has 0 fully saturated rings. The number of amides is 1. The van der Waals surface area contributed by atoms with Crippen molar-refractivity contribution in [2.45, 2.75) is 13.3 Å². The van der Waals surface area contributed by atoms with Crippen molar-refractivity contribution in [3.63, 3.8) is 0 Å². The van der Waals surface area contributed by atoms with Gasteiger partial charge in [0.2, 0.25) is 0 Å². The topological polar surface area (TPSA) is 109 Å². The number of nitrogens with zero attached hydrogens (tertiary/aromatic N) is 3. The molecule has 10 heteroatoms. The zero-order chi connectivity index (χ0) is 23.9. The number of nitrogens with one attached hydrogen (secondary N) is 1. The van der Waals surface area contributed by atoms with E-state index in [0.717, 1.165) is 5.56 Å². The number of carbonyl (C=O) groups is 1. The molecule has 4 aromatic rings. The molecule has 1 N–H and O–H groups in total. The Labute approximate surface area is 199 Å². The minimum absolute atomic E-state index is 0.00892. The van der Waals surface area contributed by atoms with E-state index in [4.69, 9.17) is 21.1 Å². The van der Waals surface area contributed by atoms with Gasteiger partial charge in [-0.3, -0.25) is 14.9 Å². The number of rotatable bonds is 9. The normalized spacial score (nSPS) is 10.5. The molecule has 172 valence electrons. The molecule has 0 unspecified atom stereocenters. The van der Waals surface area contributed by atoms with E-state index < -0.39 is 4.92 Å². The molecule has 9 nitrogen and oxygen atoms in total. The van der Waals surface area contributed by atoms with Crippen molar-refractivity contribution in [3.05, 3.63) is 111 Å². The van der Waals surface area contributed by atoms with E-state index in [1.54, 1.807) is 53.3 Å². The smallest absolute Gasteiger partial charge is 0.269 e. The highest BCUT2D eigenvalue weighted by Gasteiger charge is 2.10. The van der Waals surface area contributed by atoms with Crippen LogP contribution in [0.2, 0.25) is 5.02 Å². The molecule has 4 rings (SSSR count). The molecular weight excluding hydrogens is 460 g/mol. The van der Waals surface area contributed by atoms with Crippen molar-refractivity contribution in [1.82, 2.24) is 9.78 Å². The third-order valence-electron chi connectivity index (χ3n) is 4.69. The van der Waals surface area contributed by atoms with Crippen LogP contribution >= 0.6 is 11.6 Å². The second kappa shape index (κ2) is 10.5. The fourth-order valence-electron chi connectivity index (χ4n) is 3.03. The maximum Gasteiger partial charge on any atom is 0.269 e. The molecule has 3 aromatic carbocycles. The number of benzene rings is 3. The molecule has 1 aromatic heterocycles. The van der Waals surface area contributed by atoms with Crippen molar-refractivity contribution >= 4 is 28.9 Å². The van der Waals surface area contributed by atoms with Crippen molar-refractivity contribution < 1.29 is 19.2 Å². The number of halogens is 1. The summed E-state index contributed by atoms with van der Waals surface area (Å²) < 4.78 is 12.8. The summed E-state index contributed by atoms with van der Waals surface area (Å²) in [5.41, 5.74) is 1.74. The molecule has 1 heterocycles. The van der Waals surface area contributed by atoms with Gasteiger partial charge < -0.3 is 14.8 Å². The Morgan fingerprint density at radius 1 is 1.03 bits per heavy atom. The zero-order valence-electron chi connectivity index (χ0n) is 17.8. The van der Waals surface area contributed by atoms with Gasteiger partial charge in [0.15, 0.2) is 6.73 Å². The molecular formula is C24H19ClN4O5. The lowest BCUT2D eigenvalue weighted by Gasteiger charge is -2.08. The SMILES string of the molecule is O=C(Nc1cnn(COc2cccc(Cl)c2)c1)c1cccc(COc2ccc([N+](=O)[O-])cc2)c1. The van der Waals surface area contributed by atoms with Gasteiger partial charge in [0, 0.05) is 22.7 Å². The van der Waals surface area contributed by atoms with Gasteiger partial charge in [0.25, 0.3) is 11.6 Å². The van der Waals surface area contributed by atoms with Gasteiger partial charge in [0.05, 0.1) is 23.0 Å². The third-order valence-corrected chi connectivity index (χ3v) is 4.93. The number of carbonyl (C=O) groups excluding carboxylic acids is 1. The highest BCUT2D eigenvalue weighted by molar-refractivity contribution is 6.30. The Balaban J connectivity index is 1.32. The summed E-state index contributed by atoms with van der Waals surface area (Å²) >= 11 is 5.94. The number of anilines is 1. The Morgan fingerprint density at radius 3 is 2.59 bits per heavy atom. The minimum atomic E-state index is -0.470. The van der Waals surface area contributed by atoms with Crippen LogP contribution in [0.15, 0.2) is 85.2 Å². The standard InChI is InChI=1S/C24H19ClN4O5/c25-19-5-2-6-23(12-19)34-16-28-14-20(13-26-28)27-24(30)18-4-1-3-17(11-18)15-33-22-9-7-21(8-10-22)29(31)32/h1-14H,15-16H2,(H,27,30). The van der Waals surface area contributed by atoms with Gasteiger partial charge in [-0.2, -0.15) is 5.10 Å². The summed E-state index contributed by atoms with van der Waals surface area (Å²) in [6, 6.07) is 19.8. The quantitative estimate of drug-likeness (QED) is 0.258. The van der Waals surface area contributed by atoms with Gasteiger partial charge in [-0.1, -0.05) is 29.8 Å². The van der Waals surface area contributed by atoms with Crippen LogP contribution in [-0.2, 0) is 13.3 Å². The summed E-state index contributed by atoms with van der Waals surface area (Å²) in [4.78, 5) is 22.9. The highest BCUT2D eigenvalue weighted by atomic mass is 35.5. The third kappa shape index (κ3) is 6.11. The van der Waals surface area contributed by atoms with Crippen LogP contribution in [0, 0.1) is 10.1 Å². The van der Waals surface area contributed by atoms with Crippen LogP contribution in [0.5, 0.6) is 11.5 Å². The number of ether oxygens (including phenoxy) is 2. The van der Waals surface area contributed by atoms with Gasteiger partial charge >= 0.3 is 0 Å². The van der Waals surface area contributed by atoms with E-state index in [1.807, 2.05) is 6.07 Å². The molecule has 0 saturated carbocycles. The molecule has 0 aliphatic carbocycles. The number of non-ortho nitro benzene ring substituents is 1. The Bertz CT molecular complexity index is 1310. The lowest BCUT2D eigenvalue weighted by atomic mass is 10.1. The predicted octanol–water partition coefficient (Wildman–Crippen LogP) is 5.31. The van der Waals surface area contributed by atoms with Crippen LogP contribution in [0.25, 0.3) is 0 Å². The molecule has 34 heavy (non-hydrogen) atoms. The monoisotopic (exact) mass is 478 g/mol. The van der Waals surface area contributed by atoms with Crippen LogP contribution < -0.4 is 14.8 Å². The van der Waals surface area contributed by atoms with Crippen LogP contribution in [0.1, 0.15) is 15.9 Å². The first-order chi connectivity index (χ1) is 16.5. The second-order valence-electron chi connectivity index (χ2n) is 7.19. The maximum atomic E-state index is 12.7. The first-order valence-electron chi connectivity index (χ1n) is 10.1. The highest BCUT2D eigenvalue weighted by Crippen LogP contribution is 2.20. The van der Waals surface area contributed by atoms with Gasteiger partial charge in [-0.15, -0.1) is 0 Å². The van der Waals surface area contributed by atoms with Crippen molar-refractivity contribution in [2.75, 3.05) is 5.32 Å². The maximum absolute atomic E-state index is 12.7. The average Bonchev–Trinajstić information content (AvgIpc) is 3.29. The summed E-state index contributed by atoms with van der Waals surface area (Å²) in [6.45, 7) is 0.364. The summed E-state index contributed by atoms with van der Waals surface area (Å²) in [7, 11) is 0. The Morgan fingerprint density at radius 2 is 1.82 bits per heavy atom. The van der Waals surface area contributed by atoms with E-state index in [0.29, 0.717) is 27.8 Å². The predicted molar refractivity (Wildman–Crippen MR) is 126 cm³/mol. The lowest BCUT2D eigenvalue weighted by molar-refractivity contribution is -0.384. The molecule has 0 aliphatic heterocycles. The number of nitro groups is 1. The van der Waals surface area contributed by atoms with E-state index in [1.165, 1.54) is 30.5 Å². The Hall–Kier alpha value is -4.37. The molecule has 0 aliphatic rings. The number of hydrogen-bond donors (Lipinski definition) is 1. The molecule has 0 atom stereocenters. The van der Waals surface area contributed by atoms with Crippen molar-refractivity contribution in [2.24, 2.45) is 0 Å². The summed E-state index contributed by atoms with van der Waals surface area (Å²) in [6.07, 6.45) is 3.19. The molecule has 1 amide bonds. The van der Waals surface area contributed by atoms with E-state index in [9.17, 15) is 14.9 Å². The average molecular weight is 479 g/mol. The molecule has 0 saturated heterocycles. The fourth-order valence-corrected chi connectivity index (χ4v) is 3.21.